The first-order chi connectivity index (χ1) is 13.8. The Morgan fingerprint density at radius 2 is 2.28 bits per heavy atom. The minimum atomic E-state index is -1.96. The molecule has 0 bridgehead atoms. The Morgan fingerprint density at radius 3 is 2.97 bits per heavy atom. The van der Waals surface area contributed by atoms with Gasteiger partial charge in [-0.05, 0) is 19.1 Å². The Kier molecular flexibility index (Phi) is 5.85. The van der Waals surface area contributed by atoms with Gasteiger partial charge in [-0.3, -0.25) is 0 Å². The van der Waals surface area contributed by atoms with Crippen molar-refractivity contribution < 1.29 is 34.0 Å². The van der Waals surface area contributed by atoms with Crippen molar-refractivity contribution in [3.8, 4) is 6.07 Å². The quantitative estimate of drug-likeness (QED) is 0.518. The predicted molar refractivity (Wildman–Crippen MR) is 95.3 cm³/mol. The molecule has 5 atom stereocenters. The fourth-order valence-corrected chi connectivity index (χ4v) is 3.17. The van der Waals surface area contributed by atoms with Crippen LogP contribution in [0, 0.1) is 11.3 Å². The van der Waals surface area contributed by atoms with E-state index in [1.807, 2.05) is 6.07 Å². The van der Waals surface area contributed by atoms with E-state index in [2.05, 4.69) is 10.1 Å². The first-order valence-electron chi connectivity index (χ1n) is 8.70. The summed E-state index contributed by atoms with van der Waals surface area (Å²) in [5.74, 6) is 0.167. The summed E-state index contributed by atoms with van der Waals surface area (Å²) in [6, 6.07) is 4.95. The van der Waals surface area contributed by atoms with E-state index < -0.39 is 42.8 Å². The molecular formula is C17H21N5O7. The summed E-state index contributed by atoms with van der Waals surface area (Å²) in [5, 5.41) is 34.8. The maximum atomic E-state index is 11.7. The third-order valence-corrected chi connectivity index (χ3v) is 4.55. The molecule has 0 unspecified atom stereocenters. The summed E-state index contributed by atoms with van der Waals surface area (Å²) in [5.41, 5.74) is 4.38. The molecule has 29 heavy (non-hydrogen) atoms. The number of hydrogen-bond donors (Lipinski definition) is 3. The number of nitrogens with two attached hydrogens (primary N) is 1. The number of aliphatic hydroxyl groups is 2. The summed E-state index contributed by atoms with van der Waals surface area (Å²) >= 11 is 0. The predicted octanol–water partition coefficient (Wildman–Crippen LogP) is -0.661. The molecular weight excluding hydrogens is 386 g/mol. The molecule has 2 aromatic heterocycles. The highest BCUT2D eigenvalue weighted by Crippen LogP contribution is 2.40. The van der Waals surface area contributed by atoms with E-state index in [1.165, 1.54) is 24.0 Å². The number of nitrogens with zero attached hydrogens (tertiary/aromatic N) is 4. The number of carbonyl (C=O) groups is 1. The number of hydrogen-bond acceptors (Lipinski definition) is 11. The minimum Gasteiger partial charge on any atom is -0.431 e. The van der Waals surface area contributed by atoms with Gasteiger partial charge >= 0.3 is 6.16 Å². The Hall–Kier alpha value is -2.98. The second-order valence-corrected chi connectivity index (χ2v) is 6.54. The number of ether oxygens (including phenoxy) is 4. The zero-order valence-corrected chi connectivity index (χ0v) is 15.8. The van der Waals surface area contributed by atoms with Gasteiger partial charge in [0.25, 0.3) is 0 Å². The van der Waals surface area contributed by atoms with Gasteiger partial charge in [0, 0.05) is 7.11 Å². The Labute approximate surface area is 165 Å². The Bertz CT molecular complexity index is 929. The number of methoxy groups -OCH3 is 1. The molecule has 0 aliphatic carbocycles. The highest BCUT2D eigenvalue weighted by atomic mass is 16.7. The Balaban J connectivity index is 1.79. The molecule has 3 heterocycles. The minimum absolute atomic E-state index is 0.148. The van der Waals surface area contributed by atoms with Gasteiger partial charge in [-0.15, -0.1) is 0 Å². The van der Waals surface area contributed by atoms with Gasteiger partial charge in [-0.1, -0.05) is 0 Å². The van der Waals surface area contributed by atoms with Crippen LogP contribution in [0.4, 0.5) is 10.6 Å². The van der Waals surface area contributed by atoms with E-state index in [4.69, 9.17) is 24.7 Å². The zero-order chi connectivity index (χ0) is 21.2. The van der Waals surface area contributed by atoms with Gasteiger partial charge in [0.15, 0.2) is 5.82 Å². The van der Waals surface area contributed by atoms with Crippen molar-refractivity contribution in [2.24, 2.45) is 0 Å². The number of rotatable bonds is 6. The molecule has 2 aromatic rings. The molecule has 1 aliphatic rings. The van der Waals surface area contributed by atoms with Crippen LogP contribution in [0.2, 0.25) is 0 Å². The van der Waals surface area contributed by atoms with Crippen molar-refractivity contribution >= 4 is 17.5 Å². The molecule has 1 saturated heterocycles. The third kappa shape index (κ3) is 3.68. The van der Waals surface area contributed by atoms with Crippen LogP contribution in [0.5, 0.6) is 0 Å². The standard InChI is InChI=1S/C17H21N5O7/c1-9(5-26-2)28-16(25)27-6-11-13(23)14(24)17(7-18,29-11)12-4-3-10-15(19)20-8-21-22(10)12/h3-4,8-9,11,13-14,23-24H,5-6H2,1-2H3,(H2,19,20,21)/t9-,11-,13-,14-,17+/m1/s1. The number of nitrogen functional groups attached to an aromatic ring is 1. The summed E-state index contributed by atoms with van der Waals surface area (Å²) in [6.45, 7) is 1.35. The van der Waals surface area contributed by atoms with Gasteiger partial charge < -0.3 is 34.9 Å². The lowest BCUT2D eigenvalue weighted by Gasteiger charge is -2.24. The van der Waals surface area contributed by atoms with Gasteiger partial charge in [0.05, 0.1) is 12.3 Å². The zero-order valence-electron chi connectivity index (χ0n) is 15.8. The van der Waals surface area contributed by atoms with Crippen LogP contribution in [0.3, 0.4) is 0 Å². The third-order valence-electron chi connectivity index (χ3n) is 4.55. The van der Waals surface area contributed by atoms with E-state index in [9.17, 15) is 20.3 Å². The largest absolute Gasteiger partial charge is 0.508 e. The number of aromatic nitrogens is 3. The molecule has 1 aliphatic heterocycles. The highest BCUT2D eigenvalue weighted by Gasteiger charge is 2.57. The molecule has 0 amide bonds. The normalized spacial score (nSPS) is 27.5. The van der Waals surface area contributed by atoms with E-state index in [0.29, 0.717) is 5.52 Å². The van der Waals surface area contributed by atoms with Crippen LogP contribution in [-0.2, 0) is 24.5 Å². The van der Waals surface area contributed by atoms with E-state index in [-0.39, 0.29) is 18.1 Å². The summed E-state index contributed by atoms with van der Waals surface area (Å²) in [7, 11) is 1.46. The van der Waals surface area contributed by atoms with E-state index in [0.717, 1.165) is 0 Å². The second kappa shape index (κ2) is 8.18. The number of carbonyl (C=O) groups excluding carboxylic acids is 1. The molecule has 1 fully saturated rings. The second-order valence-electron chi connectivity index (χ2n) is 6.54. The lowest BCUT2D eigenvalue weighted by atomic mass is 9.92. The van der Waals surface area contributed by atoms with E-state index >= 15 is 0 Å². The average Bonchev–Trinajstić information content (AvgIpc) is 3.23. The summed E-state index contributed by atoms with van der Waals surface area (Å²) in [6.07, 6.45) is -4.68. The van der Waals surface area contributed by atoms with Crippen LogP contribution in [-0.4, -0.2) is 75.7 Å². The molecule has 12 heteroatoms. The van der Waals surface area contributed by atoms with Crippen molar-refractivity contribution in [3.05, 3.63) is 24.2 Å². The van der Waals surface area contributed by atoms with Gasteiger partial charge in [-0.2, -0.15) is 10.4 Å². The van der Waals surface area contributed by atoms with Crippen LogP contribution >= 0.6 is 0 Å². The lowest BCUT2D eigenvalue weighted by Crippen LogP contribution is -2.41. The van der Waals surface area contributed by atoms with Crippen molar-refractivity contribution in [3.63, 3.8) is 0 Å². The van der Waals surface area contributed by atoms with Gasteiger partial charge in [0.2, 0.25) is 5.60 Å². The molecule has 12 nitrogen and oxygen atoms in total. The lowest BCUT2D eigenvalue weighted by molar-refractivity contribution is -0.0762. The maximum Gasteiger partial charge on any atom is 0.508 e. The Morgan fingerprint density at radius 1 is 1.52 bits per heavy atom. The van der Waals surface area contributed by atoms with Crippen LogP contribution in [0.1, 0.15) is 12.6 Å². The molecule has 0 aromatic carbocycles. The van der Waals surface area contributed by atoms with Crippen molar-refractivity contribution in [1.29, 1.82) is 5.26 Å². The molecule has 156 valence electrons. The molecule has 0 radical (unpaired) electrons. The topological polar surface area (TPSA) is 174 Å². The first kappa shape index (κ1) is 20.7. The molecule has 3 rings (SSSR count). The summed E-state index contributed by atoms with van der Waals surface area (Å²) < 4.78 is 21.7. The van der Waals surface area contributed by atoms with Gasteiger partial charge in [0.1, 0.15) is 48.9 Å². The van der Waals surface area contributed by atoms with Crippen LogP contribution in [0.15, 0.2) is 18.5 Å². The average molecular weight is 407 g/mol. The number of anilines is 1. The number of nitriles is 1. The molecule has 0 saturated carbocycles. The molecule has 0 spiro atoms. The maximum absolute atomic E-state index is 11.7. The van der Waals surface area contributed by atoms with Crippen molar-refractivity contribution in [2.75, 3.05) is 26.1 Å². The fraction of sp³-hybridized carbons (Fsp3) is 0.529. The monoisotopic (exact) mass is 407 g/mol. The fourth-order valence-electron chi connectivity index (χ4n) is 3.17. The smallest absolute Gasteiger partial charge is 0.431 e. The number of aliphatic hydroxyl groups excluding tert-OH is 2. The number of fused-ring (bicyclic) bond motifs is 1. The van der Waals surface area contributed by atoms with Gasteiger partial charge in [-0.25, -0.2) is 14.3 Å². The van der Waals surface area contributed by atoms with Crippen molar-refractivity contribution in [1.82, 2.24) is 14.6 Å². The SMILES string of the molecule is COC[C@@H](C)OC(=O)OC[C@H]1O[C@@](C#N)(c2ccc3c(N)ncnn23)[C@H](O)[C@@H]1O. The summed E-state index contributed by atoms with van der Waals surface area (Å²) in [4.78, 5) is 15.6. The van der Waals surface area contributed by atoms with E-state index in [1.54, 1.807) is 13.0 Å². The van der Waals surface area contributed by atoms with Crippen molar-refractivity contribution in [2.45, 2.75) is 36.9 Å². The van der Waals surface area contributed by atoms with Crippen LogP contribution in [0.25, 0.3) is 5.52 Å². The highest BCUT2D eigenvalue weighted by molar-refractivity contribution is 5.66. The molecule has 4 N–H and O–H groups in total. The van der Waals surface area contributed by atoms with Crippen LogP contribution < -0.4 is 5.73 Å². The first-order valence-corrected chi connectivity index (χ1v) is 8.70.